The van der Waals surface area contributed by atoms with Crippen LogP contribution in [-0.4, -0.2) is 10.8 Å². The molecule has 0 bridgehead atoms. The van der Waals surface area contributed by atoms with Crippen molar-refractivity contribution in [3.8, 4) is 0 Å². The zero-order valence-electron chi connectivity index (χ0n) is 7.98. The van der Waals surface area contributed by atoms with E-state index in [4.69, 9.17) is 5.53 Å². The van der Waals surface area contributed by atoms with E-state index < -0.39 is 10.8 Å². The molecule has 0 spiro atoms. The third-order valence-corrected chi connectivity index (χ3v) is 1.64. The highest BCUT2D eigenvalue weighted by Crippen LogP contribution is 2.13. The summed E-state index contributed by atoms with van der Waals surface area (Å²) in [6.07, 6.45) is 2.38. The van der Waals surface area contributed by atoms with Gasteiger partial charge in [0.25, 0.3) is 5.69 Å². The number of non-ortho nitro benzene ring substituents is 1. The van der Waals surface area contributed by atoms with E-state index in [1.165, 1.54) is 24.3 Å². The van der Waals surface area contributed by atoms with Gasteiger partial charge in [0.15, 0.2) is 0 Å². The van der Waals surface area contributed by atoms with Crippen molar-refractivity contribution >= 4 is 17.7 Å². The first-order valence-corrected chi connectivity index (χ1v) is 4.15. The van der Waals surface area contributed by atoms with Gasteiger partial charge >= 0.3 is 0 Å². The van der Waals surface area contributed by atoms with Gasteiger partial charge in [-0.1, -0.05) is 18.2 Å². The van der Waals surface area contributed by atoms with Gasteiger partial charge in [0.05, 0.1) is 4.92 Å². The molecule has 0 aliphatic heterocycles. The monoisotopic (exact) mass is 218 g/mol. The fourth-order valence-corrected chi connectivity index (χ4v) is 0.987. The summed E-state index contributed by atoms with van der Waals surface area (Å²) in [5, 5.41) is 13.3. The quantitative estimate of drug-likeness (QED) is 0.194. The molecule has 0 heterocycles. The van der Waals surface area contributed by atoms with E-state index in [1.54, 1.807) is 6.07 Å². The first-order valence-electron chi connectivity index (χ1n) is 4.15. The van der Waals surface area contributed by atoms with Crippen molar-refractivity contribution < 1.29 is 9.72 Å². The maximum Gasteiger partial charge on any atom is 0.270 e. The van der Waals surface area contributed by atoms with Crippen LogP contribution in [0.1, 0.15) is 5.56 Å². The molecule has 0 aromatic heterocycles. The van der Waals surface area contributed by atoms with Gasteiger partial charge in [-0.05, 0) is 22.3 Å². The normalized spacial score (nSPS) is 9.75. The molecule has 0 aliphatic rings. The van der Waals surface area contributed by atoms with Gasteiger partial charge in [-0.3, -0.25) is 14.9 Å². The van der Waals surface area contributed by atoms with Crippen molar-refractivity contribution in [2.24, 2.45) is 5.11 Å². The predicted molar refractivity (Wildman–Crippen MR) is 56.3 cm³/mol. The average Bonchev–Trinajstić information content (AvgIpc) is 2.27. The number of rotatable bonds is 3. The minimum absolute atomic E-state index is 0.0709. The van der Waals surface area contributed by atoms with Crippen molar-refractivity contribution in [1.82, 2.24) is 0 Å². The van der Waals surface area contributed by atoms with Gasteiger partial charge in [0.1, 0.15) is 0 Å². The lowest BCUT2D eigenvalue weighted by atomic mass is 10.2. The van der Waals surface area contributed by atoms with E-state index in [-0.39, 0.29) is 5.69 Å². The zero-order chi connectivity index (χ0) is 12.0. The van der Waals surface area contributed by atoms with E-state index >= 15 is 0 Å². The number of benzene rings is 1. The minimum Gasteiger partial charge on any atom is -0.288 e. The van der Waals surface area contributed by atoms with Gasteiger partial charge in [-0.25, -0.2) is 0 Å². The molecule has 0 aliphatic carbocycles. The van der Waals surface area contributed by atoms with Crippen LogP contribution in [0.4, 0.5) is 5.69 Å². The second-order valence-corrected chi connectivity index (χ2v) is 2.71. The second-order valence-electron chi connectivity index (χ2n) is 2.71. The molecule has 1 aromatic rings. The van der Waals surface area contributed by atoms with Crippen LogP contribution in [0.15, 0.2) is 35.5 Å². The molecule has 80 valence electrons. The molecule has 1 amide bonds. The Balaban J connectivity index is 2.89. The molecule has 0 radical (unpaired) electrons. The molecular formula is C9H6N4O3. The molecule has 16 heavy (non-hydrogen) atoms. The molecule has 0 N–H and O–H groups in total. The molecule has 0 atom stereocenters. The van der Waals surface area contributed by atoms with Crippen LogP contribution in [0.25, 0.3) is 16.5 Å². The Kier molecular flexibility index (Phi) is 3.77. The molecule has 7 heteroatoms. The van der Waals surface area contributed by atoms with Crippen molar-refractivity contribution in [3.05, 3.63) is 56.5 Å². The Morgan fingerprint density at radius 2 is 2.31 bits per heavy atom. The van der Waals surface area contributed by atoms with Gasteiger partial charge in [0.2, 0.25) is 5.91 Å². The zero-order valence-corrected chi connectivity index (χ0v) is 7.98. The Hall–Kier alpha value is -2.66. The number of amides is 1. The highest BCUT2D eigenvalue weighted by atomic mass is 16.6. The molecule has 0 fully saturated rings. The first kappa shape index (κ1) is 11.4. The molecule has 0 saturated heterocycles. The fraction of sp³-hybridized carbons (Fsp3) is 0. The van der Waals surface area contributed by atoms with E-state index in [0.717, 1.165) is 6.08 Å². The second kappa shape index (κ2) is 5.28. The smallest absolute Gasteiger partial charge is 0.270 e. The third-order valence-electron chi connectivity index (χ3n) is 1.64. The summed E-state index contributed by atoms with van der Waals surface area (Å²) in [4.78, 5) is 23.0. The van der Waals surface area contributed by atoms with Crippen molar-refractivity contribution in [2.45, 2.75) is 0 Å². The van der Waals surface area contributed by atoms with Crippen molar-refractivity contribution in [3.63, 3.8) is 0 Å². The predicted octanol–water partition coefficient (Wildman–Crippen LogP) is 2.44. The number of nitrogens with zero attached hydrogens (tertiary/aromatic N) is 4. The van der Waals surface area contributed by atoms with Gasteiger partial charge in [0, 0.05) is 17.0 Å². The van der Waals surface area contributed by atoms with Crippen LogP contribution in [0.2, 0.25) is 0 Å². The lowest BCUT2D eigenvalue weighted by Crippen LogP contribution is -1.88. The summed E-state index contributed by atoms with van der Waals surface area (Å²) in [7, 11) is 0. The van der Waals surface area contributed by atoms with Crippen LogP contribution >= 0.6 is 0 Å². The number of carbonyl (C=O) groups excluding carboxylic acids is 1. The van der Waals surface area contributed by atoms with E-state index in [9.17, 15) is 14.9 Å². The Labute approximate surface area is 89.8 Å². The SMILES string of the molecule is [N-]=[N+]=NC(=O)C=Cc1cccc([N+](=O)[O-])c1. The van der Waals surface area contributed by atoms with E-state index in [1.807, 2.05) is 0 Å². The van der Waals surface area contributed by atoms with Gasteiger partial charge < -0.3 is 0 Å². The lowest BCUT2D eigenvalue weighted by Gasteiger charge is -1.93. The maximum atomic E-state index is 10.8. The molecular weight excluding hydrogens is 212 g/mol. The number of hydrogen-bond donors (Lipinski definition) is 0. The highest BCUT2D eigenvalue weighted by molar-refractivity contribution is 5.92. The first-order chi connectivity index (χ1) is 7.63. The number of azide groups is 1. The van der Waals surface area contributed by atoms with Crippen molar-refractivity contribution in [1.29, 1.82) is 0 Å². The summed E-state index contributed by atoms with van der Waals surface area (Å²) in [5.41, 5.74) is 8.38. The standard InChI is InChI=1S/C9H6N4O3/c10-12-11-9(14)5-4-7-2-1-3-8(6-7)13(15)16/h1-6H. The number of nitro groups is 1. The average molecular weight is 218 g/mol. The van der Waals surface area contributed by atoms with E-state index in [2.05, 4.69) is 10.0 Å². The Morgan fingerprint density at radius 1 is 1.56 bits per heavy atom. The topological polar surface area (TPSA) is 109 Å². The minimum atomic E-state index is -0.756. The number of carbonyl (C=O) groups is 1. The lowest BCUT2D eigenvalue weighted by molar-refractivity contribution is -0.384. The Bertz CT molecular complexity index is 503. The van der Waals surface area contributed by atoms with Gasteiger partial charge in [-0.15, -0.1) is 0 Å². The maximum absolute atomic E-state index is 10.8. The fourth-order valence-electron chi connectivity index (χ4n) is 0.987. The summed E-state index contributed by atoms with van der Waals surface area (Å²) < 4.78 is 0. The Morgan fingerprint density at radius 3 is 2.94 bits per heavy atom. The molecule has 7 nitrogen and oxygen atoms in total. The van der Waals surface area contributed by atoms with Gasteiger partial charge in [-0.2, -0.15) is 0 Å². The van der Waals surface area contributed by atoms with Crippen LogP contribution < -0.4 is 0 Å². The largest absolute Gasteiger partial charge is 0.288 e. The molecule has 0 saturated carbocycles. The summed E-state index contributed by atoms with van der Waals surface area (Å²) in [5.74, 6) is -0.756. The molecule has 0 unspecified atom stereocenters. The third kappa shape index (κ3) is 3.24. The summed E-state index contributed by atoms with van der Waals surface area (Å²) >= 11 is 0. The van der Waals surface area contributed by atoms with Crippen LogP contribution in [-0.2, 0) is 4.79 Å². The van der Waals surface area contributed by atoms with E-state index in [0.29, 0.717) is 5.56 Å². The highest BCUT2D eigenvalue weighted by Gasteiger charge is 2.03. The molecule has 1 rings (SSSR count). The van der Waals surface area contributed by atoms with Crippen LogP contribution in [0.3, 0.4) is 0 Å². The number of nitro benzene ring substituents is 1. The summed E-state index contributed by atoms with van der Waals surface area (Å²) in [6, 6.07) is 5.73. The van der Waals surface area contributed by atoms with Crippen molar-refractivity contribution in [2.75, 3.05) is 0 Å². The van der Waals surface area contributed by atoms with Crippen LogP contribution in [0.5, 0.6) is 0 Å². The molecule has 1 aromatic carbocycles. The number of hydrogen-bond acceptors (Lipinski definition) is 3. The summed E-state index contributed by atoms with van der Waals surface area (Å²) in [6.45, 7) is 0. The van der Waals surface area contributed by atoms with Crippen LogP contribution in [0, 0.1) is 10.1 Å².